The highest BCUT2D eigenvalue weighted by molar-refractivity contribution is 5.85. The van der Waals surface area contributed by atoms with E-state index in [1.165, 1.54) is 27.9 Å². The number of carbonyl (C=O) groups is 1. The summed E-state index contributed by atoms with van der Waals surface area (Å²) in [6.07, 6.45) is 5.63. The predicted molar refractivity (Wildman–Crippen MR) is 67.6 cm³/mol. The fourth-order valence-electron chi connectivity index (χ4n) is 1.66. The Balaban J connectivity index is 2.57. The Hall–Kier alpha value is -2.44. The molecule has 0 aromatic carbocycles. The zero-order chi connectivity index (χ0) is 14.2. The average Bonchev–Trinajstić information content (AvgIpc) is 2.77. The lowest BCUT2D eigenvalue weighted by atomic mass is 10.1. The van der Waals surface area contributed by atoms with Gasteiger partial charge in [-0.25, -0.2) is 14.8 Å². The van der Waals surface area contributed by atoms with Gasteiger partial charge in [-0.2, -0.15) is 0 Å². The van der Waals surface area contributed by atoms with Gasteiger partial charge in [0.15, 0.2) is 5.69 Å². The molecule has 0 aliphatic rings. The van der Waals surface area contributed by atoms with Crippen LogP contribution in [-0.4, -0.2) is 30.2 Å². The van der Waals surface area contributed by atoms with E-state index in [-0.39, 0.29) is 22.6 Å². The van der Waals surface area contributed by atoms with Gasteiger partial charge in [0, 0.05) is 24.1 Å². The molecule has 7 nitrogen and oxygen atoms in total. The Labute approximate surface area is 109 Å². The van der Waals surface area contributed by atoms with Gasteiger partial charge in [-0.1, -0.05) is 0 Å². The molecular weight excluding hydrogens is 248 g/mol. The summed E-state index contributed by atoms with van der Waals surface area (Å²) >= 11 is 0. The maximum atomic E-state index is 12.3. The number of imidazole rings is 1. The normalized spacial score (nSPS) is 11.5. The van der Waals surface area contributed by atoms with Crippen molar-refractivity contribution in [1.82, 2.24) is 19.1 Å². The Bertz CT molecular complexity index is 679. The zero-order valence-corrected chi connectivity index (χ0v) is 10.9. The maximum Gasteiger partial charge on any atom is 0.356 e. The van der Waals surface area contributed by atoms with Gasteiger partial charge in [0.2, 0.25) is 5.82 Å². The first-order chi connectivity index (χ1) is 8.80. The van der Waals surface area contributed by atoms with E-state index in [2.05, 4.69) is 9.97 Å². The zero-order valence-electron chi connectivity index (χ0n) is 10.9. The monoisotopic (exact) mass is 262 g/mol. The van der Waals surface area contributed by atoms with Crippen LogP contribution in [-0.2, 0) is 5.54 Å². The fraction of sp³-hybridized carbons (Fsp3) is 0.333. The summed E-state index contributed by atoms with van der Waals surface area (Å²) < 4.78 is 2.85. The molecule has 0 radical (unpaired) electrons. The SMILES string of the molecule is CC(C)(C)n1ccnc(-n2cnc(C(=O)O)c2)c1=O. The molecule has 0 saturated carbocycles. The van der Waals surface area contributed by atoms with Crippen molar-refractivity contribution in [3.05, 3.63) is 41.0 Å². The molecule has 2 heterocycles. The molecule has 100 valence electrons. The first-order valence-corrected chi connectivity index (χ1v) is 5.66. The van der Waals surface area contributed by atoms with Crippen LogP contribution in [0, 0.1) is 0 Å². The second-order valence-electron chi connectivity index (χ2n) is 5.07. The predicted octanol–water partition coefficient (Wildman–Crippen LogP) is 0.882. The molecule has 0 atom stereocenters. The Morgan fingerprint density at radius 1 is 1.32 bits per heavy atom. The number of hydrogen-bond acceptors (Lipinski definition) is 4. The van der Waals surface area contributed by atoms with Gasteiger partial charge >= 0.3 is 5.97 Å². The van der Waals surface area contributed by atoms with E-state index in [4.69, 9.17) is 5.11 Å². The molecule has 0 bridgehead atoms. The van der Waals surface area contributed by atoms with Crippen LogP contribution in [0.25, 0.3) is 5.82 Å². The lowest BCUT2D eigenvalue weighted by molar-refractivity contribution is 0.0691. The lowest BCUT2D eigenvalue weighted by Crippen LogP contribution is -2.35. The quantitative estimate of drug-likeness (QED) is 0.867. The number of carboxylic acid groups (broad SMARTS) is 1. The number of nitrogens with zero attached hydrogens (tertiary/aromatic N) is 4. The molecule has 0 aliphatic heterocycles. The summed E-state index contributed by atoms with van der Waals surface area (Å²) in [6, 6.07) is 0. The minimum atomic E-state index is -1.15. The molecule has 2 aromatic rings. The van der Waals surface area contributed by atoms with Crippen molar-refractivity contribution in [3.8, 4) is 5.82 Å². The van der Waals surface area contributed by atoms with Gasteiger partial charge < -0.3 is 9.67 Å². The van der Waals surface area contributed by atoms with Crippen LogP contribution in [0.2, 0.25) is 0 Å². The number of rotatable bonds is 2. The third-order valence-corrected chi connectivity index (χ3v) is 2.59. The van der Waals surface area contributed by atoms with Crippen LogP contribution in [0.5, 0.6) is 0 Å². The maximum absolute atomic E-state index is 12.3. The number of hydrogen-bond donors (Lipinski definition) is 1. The minimum absolute atomic E-state index is 0.123. The van der Waals surface area contributed by atoms with E-state index < -0.39 is 5.97 Å². The topological polar surface area (TPSA) is 90.0 Å². The second-order valence-corrected chi connectivity index (χ2v) is 5.07. The van der Waals surface area contributed by atoms with Crippen molar-refractivity contribution in [2.45, 2.75) is 26.3 Å². The summed E-state index contributed by atoms with van der Waals surface area (Å²) in [5, 5.41) is 8.82. The molecule has 1 N–H and O–H groups in total. The van der Waals surface area contributed by atoms with Crippen LogP contribution >= 0.6 is 0 Å². The van der Waals surface area contributed by atoms with Gasteiger partial charge in [0.25, 0.3) is 5.56 Å². The second kappa shape index (κ2) is 4.34. The summed E-state index contributed by atoms with van der Waals surface area (Å²) in [7, 11) is 0. The fourth-order valence-corrected chi connectivity index (χ4v) is 1.66. The highest BCUT2D eigenvalue weighted by Crippen LogP contribution is 2.11. The van der Waals surface area contributed by atoms with Gasteiger partial charge in [-0.05, 0) is 20.8 Å². The molecule has 2 aromatic heterocycles. The highest BCUT2D eigenvalue weighted by Gasteiger charge is 2.18. The third kappa shape index (κ3) is 2.40. The lowest BCUT2D eigenvalue weighted by Gasteiger charge is -2.22. The van der Waals surface area contributed by atoms with E-state index in [0.29, 0.717) is 0 Å². The Morgan fingerprint density at radius 2 is 2.00 bits per heavy atom. The van der Waals surface area contributed by atoms with Crippen molar-refractivity contribution in [1.29, 1.82) is 0 Å². The Morgan fingerprint density at radius 3 is 2.53 bits per heavy atom. The molecule has 7 heteroatoms. The Kier molecular flexibility index (Phi) is 2.97. The van der Waals surface area contributed by atoms with Crippen LogP contribution in [0.3, 0.4) is 0 Å². The summed E-state index contributed by atoms with van der Waals surface area (Å²) in [5.74, 6) is -1.02. The van der Waals surface area contributed by atoms with E-state index in [1.54, 1.807) is 6.20 Å². The van der Waals surface area contributed by atoms with E-state index in [9.17, 15) is 9.59 Å². The van der Waals surface area contributed by atoms with Crippen LogP contribution in [0.4, 0.5) is 0 Å². The van der Waals surface area contributed by atoms with Crippen LogP contribution in [0.15, 0.2) is 29.7 Å². The molecular formula is C12H14N4O3. The molecule has 19 heavy (non-hydrogen) atoms. The highest BCUT2D eigenvalue weighted by atomic mass is 16.4. The first kappa shape index (κ1) is 13.0. The number of carboxylic acids is 1. The van der Waals surface area contributed by atoms with Gasteiger partial charge in [0.05, 0.1) is 0 Å². The van der Waals surface area contributed by atoms with E-state index in [0.717, 1.165) is 0 Å². The number of aromatic nitrogens is 4. The molecule has 2 rings (SSSR count). The first-order valence-electron chi connectivity index (χ1n) is 5.66. The van der Waals surface area contributed by atoms with E-state index >= 15 is 0 Å². The summed E-state index contributed by atoms with van der Waals surface area (Å²) in [6.45, 7) is 5.69. The van der Waals surface area contributed by atoms with Gasteiger partial charge in [-0.3, -0.25) is 9.36 Å². The summed E-state index contributed by atoms with van der Waals surface area (Å²) in [5.41, 5.74) is -0.818. The van der Waals surface area contributed by atoms with Crippen molar-refractivity contribution in [2.75, 3.05) is 0 Å². The van der Waals surface area contributed by atoms with E-state index in [1.807, 2.05) is 20.8 Å². The molecule has 0 amide bonds. The smallest absolute Gasteiger partial charge is 0.356 e. The third-order valence-electron chi connectivity index (χ3n) is 2.59. The standard InChI is InChI=1S/C12H14N4O3/c1-12(2,3)16-5-4-13-9(10(16)17)15-6-8(11(18)19)14-7-15/h4-7H,1-3H3,(H,18,19). The van der Waals surface area contributed by atoms with Crippen molar-refractivity contribution < 1.29 is 9.90 Å². The van der Waals surface area contributed by atoms with Gasteiger partial charge in [0.1, 0.15) is 6.33 Å². The minimum Gasteiger partial charge on any atom is -0.476 e. The van der Waals surface area contributed by atoms with Crippen LogP contribution in [0.1, 0.15) is 31.3 Å². The summed E-state index contributed by atoms with van der Waals surface area (Å²) in [4.78, 5) is 30.8. The number of aromatic carboxylic acids is 1. The van der Waals surface area contributed by atoms with Crippen molar-refractivity contribution in [2.24, 2.45) is 0 Å². The largest absolute Gasteiger partial charge is 0.476 e. The van der Waals surface area contributed by atoms with Crippen molar-refractivity contribution in [3.63, 3.8) is 0 Å². The van der Waals surface area contributed by atoms with Gasteiger partial charge in [-0.15, -0.1) is 0 Å². The molecule has 0 saturated heterocycles. The molecule has 0 unspecified atom stereocenters. The van der Waals surface area contributed by atoms with Crippen LogP contribution < -0.4 is 5.56 Å². The van der Waals surface area contributed by atoms with Crippen molar-refractivity contribution >= 4 is 5.97 Å². The average molecular weight is 262 g/mol. The molecule has 0 fully saturated rings. The molecule has 0 aliphatic carbocycles. The molecule has 0 spiro atoms.